The third-order valence-corrected chi connectivity index (χ3v) is 4.87. The number of likely N-dealkylation sites (tertiary alicyclic amines) is 1. The number of H-pyrrole nitrogens is 1. The average molecular weight is 371 g/mol. The summed E-state index contributed by atoms with van der Waals surface area (Å²) in [7, 11) is 0. The van der Waals surface area contributed by atoms with Gasteiger partial charge < -0.3 is 10.4 Å². The number of carbonyl (C=O) groups excluding carboxylic acids is 1. The van der Waals surface area contributed by atoms with E-state index in [1.165, 1.54) is 0 Å². The number of aliphatic carboxylic acids is 1. The van der Waals surface area contributed by atoms with Gasteiger partial charge in [-0.2, -0.15) is 5.10 Å². The topological polar surface area (TPSA) is 111 Å². The lowest BCUT2D eigenvalue weighted by Gasteiger charge is -2.35. The Morgan fingerprint density at radius 3 is 2.74 bits per heavy atom. The molecule has 3 heterocycles. The first-order valence-corrected chi connectivity index (χ1v) is 9.16. The van der Waals surface area contributed by atoms with Gasteiger partial charge in [-0.15, -0.1) is 0 Å². The van der Waals surface area contributed by atoms with Crippen LogP contribution in [0.2, 0.25) is 0 Å². The Kier molecular flexibility index (Phi) is 5.85. The van der Waals surface area contributed by atoms with Crippen LogP contribution in [0.4, 0.5) is 5.69 Å². The van der Waals surface area contributed by atoms with Crippen LogP contribution in [0.1, 0.15) is 30.4 Å². The second-order valence-corrected chi connectivity index (χ2v) is 7.08. The number of aromatic nitrogens is 3. The molecule has 1 fully saturated rings. The molecule has 2 aromatic rings. The van der Waals surface area contributed by atoms with Gasteiger partial charge in [-0.1, -0.05) is 6.92 Å². The number of aryl methyl sites for hydroxylation is 2. The maximum atomic E-state index is 12.7. The van der Waals surface area contributed by atoms with Crippen molar-refractivity contribution in [2.45, 2.75) is 33.2 Å². The van der Waals surface area contributed by atoms with Crippen molar-refractivity contribution in [1.82, 2.24) is 20.1 Å². The summed E-state index contributed by atoms with van der Waals surface area (Å²) in [5.74, 6) is -2.00. The molecule has 0 aromatic carbocycles. The standard InChI is InChI=1S/C19H25N5O3/c1-3-15-7-17(23-22-15)11-24-9-13(6-14(10-24)19(26)27)18(25)21-16-5-4-12(2)20-8-16/h4-5,7-8,13-14H,3,6,9-11H2,1-2H3,(H,21,25)(H,22,23)(H,26,27)/t13-,14+/m1/s1. The molecule has 0 aliphatic carbocycles. The van der Waals surface area contributed by atoms with Gasteiger partial charge in [0, 0.05) is 31.0 Å². The van der Waals surface area contributed by atoms with Gasteiger partial charge in [0.15, 0.2) is 0 Å². The first kappa shape index (κ1) is 19.0. The summed E-state index contributed by atoms with van der Waals surface area (Å²) < 4.78 is 0. The van der Waals surface area contributed by atoms with Crippen molar-refractivity contribution in [2.24, 2.45) is 11.8 Å². The molecule has 144 valence electrons. The van der Waals surface area contributed by atoms with Gasteiger partial charge in [-0.3, -0.25) is 24.6 Å². The maximum absolute atomic E-state index is 12.7. The molecular formula is C19H25N5O3. The Labute approximate surface area is 158 Å². The highest BCUT2D eigenvalue weighted by molar-refractivity contribution is 5.93. The van der Waals surface area contributed by atoms with E-state index in [1.807, 2.05) is 30.9 Å². The Balaban J connectivity index is 1.68. The van der Waals surface area contributed by atoms with Crippen LogP contribution in [0.5, 0.6) is 0 Å². The number of aromatic amines is 1. The van der Waals surface area contributed by atoms with Crippen LogP contribution in [0.25, 0.3) is 0 Å². The zero-order valence-corrected chi connectivity index (χ0v) is 15.6. The summed E-state index contributed by atoms with van der Waals surface area (Å²) in [6.07, 6.45) is 2.78. The van der Waals surface area contributed by atoms with Crippen LogP contribution >= 0.6 is 0 Å². The van der Waals surface area contributed by atoms with Crippen molar-refractivity contribution in [3.8, 4) is 0 Å². The molecular weight excluding hydrogens is 346 g/mol. The lowest BCUT2D eigenvalue weighted by molar-refractivity contribution is -0.145. The lowest BCUT2D eigenvalue weighted by atomic mass is 9.88. The van der Waals surface area contributed by atoms with Crippen molar-refractivity contribution in [2.75, 3.05) is 18.4 Å². The smallest absolute Gasteiger partial charge is 0.307 e. The Bertz CT molecular complexity index is 802. The molecule has 1 saturated heterocycles. The number of nitrogens with zero attached hydrogens (tertiary/aromatic N) is 3. The SMILES string of the molecule is CCc1cc(CN2C[C@@H](C(=O)O)C[C@@H](C(=O)Nc3ccc(C)nc3)C2)[nH]n1. The fraction of sp³-hybridized carbons (Fsp3) is 0.474. The highest BCUT2D eigenvalue weighted by Gasteiger charge is 2.35. The number of carbonyl (C=O) groups is 2. The quantitative estimate of drug-likeness (QED) is 0.714. The molecule has 1 aliphatic rings. The number of hydrogen-bond donors (Lipinski definition) is 3. The predicted molar refractivity (Wildman–Crippen MR) is 100 cm³/mol. The van der Waals surface area contributed by atoms with Gasteiger partial charge in [0.05, 0.1) is 29.4 Å². The summed E-state index contributed by atoms with van der Waals surface area (Å²) in [5, 5.41) is 19.6. The number of rotatable bonds is 6. The van der Waals surface area contributed by atoms with E-state index < -0.39 is 17.8 Å². The highest BCUT2D eigenvalue weighted by Crippen LogP contribution is 2.25. The molecule has 3 rings (SSSR count). The molecule has 0 spiro atoms. The number of nitrogens with one attached hydrogen (secondary N) is 2. The maximum Gasteiger partial charge on any atom is 0.307 e. The van der Waals surface area contributed by atoms with Crippen LogP contribution in [-0.2, 0) is 22.6 Å². The minimum absolute atomic E-state index is 0.171. The van der Waals surface area contributed by atoms with Crippen molar-refractivity contribution in [3.05, 3.63) is 41.5 Å². The minimum atomic E-state index is -0.867. The second kappa shape index (κ2) is 8.30. The van der Waals surface area contributed by atoms with Crippen LogP contribution < -0.4 is 5.32 Å². The summed E-state index contributed by atoms with van der Waals surface area (Å²) in [6, 6.07) is 5.61. The number of piperidine rings is 1. The van der Waals surface area contributed by atoms with E-state index in [1.54, 1.807) is 12.3 Å². The molecule has 1 amide bonds. The molecule has 1 aliphatic heterocycles. The monoisotopic (exact) mass is 371 g/mol. The van der Waals surface area contributed by atoms with E-state index in [2.05, 4.69) is 20.5 Å². The normalized spacial score (nSPS) is 20.4. The third-order valence-electron chi connectivity index (χ3n) is 4.87. The first-order valence-electron chi connectivity index (χ1n) is 9.16. The van der Waals surface area contributed by atoms with Gasteiger partial charge >= 0.3 is 5.97 Å². The summed E-state index contributed by atoms with van der Waals surface area (Å²) >= 11 is 0. The summed E-state index contributed by atoms with van der Waals surface area (Å²) in [6.45, 7) is 5.39. The van der Waals surface area contributed by atoms with Crippen molar-refractivity contribution in [1.29, 1.82) is 0 Å². The van der Waals surface area contributed by atoms with Gasteiger partial charge in [-0.25, -0.2) is 0 Å². The Hall–Kier alpha value is -2.74. The molecule has 27 heavy (non-hydrogen) atoms. The fourth-order valence-corrected chi connectivity index (χ4v) is 3.39. The van der Waals surface area contributed by atoms with Gasteiger partial charge in [0.2, 0.25) is 5.91 Å². The van der Waals surface area contributed by atoms with Crippen LogP contribution in [0.15, 0.2) is 24.4 Å². The van der Waals surface area contributed by atoms with Crippen LogP contribution in [0.3, 0.4) is 0 Å². The highest BCUT2D eigenvalue weighted by atomic mass is 16.4. The van der Waals surface area contributed by atoms with E-state index in [9.17, 15) is 14.7 Å². The largest absolute Gasteiger partial charge is 0.481 e. The van der Waals surface area contributed by atoms with E-state index in [0.717, 1.165) is 23.5 Å². The summed E-state index contributed by atoms with van der Waals surface area (Å²) in [4.78, 5) is 30.4. The number of carboxylic acid groups (broad SMARTS) is 1. The van der Waals surface area contributed by atoms with Crippen molar-refractivity contribution < 1.29 is 14.7 Å². The molecule has 3 N–H and O–H groups in total. The molecule has 2 aromatic heterocycles. The average Bonchev–Trinajstić information content (AvgIpc) is 3.10. The molecule has 0 bridgehead atoms. The number of anilines is 1. The van der Waals surface area contributed by atoms with Gasteiger partial charge in [0.25, 0.3) is 0 Å². The minimum Gasteiger partial charge on any atom is -0.481 e. The Morgan fingerprint density at radius 1 is 1.33 bits per heavy atom. The molecule has 0 saturated carbocycles. The van der Waals surface area contributed by atoms with E-state index in [0.29, 0.717) is 31.7 Å². The van der Waals surface area contributed by atoms with Crippen molar-refractivity contribution >= 4 is 17.6 Å². The molecule has 8 heteroatoms. The van der Waals surface area contributed by atoms with E-state index in [-0.39, 0.29) is 5.91 Å². The molecule has 2 atom stereocenters. The van der Waals surface area contributed by atoms with E-state index in [4.69, 9.17) is 0 Å². The number of hydrogen-bond acceptors (Lipinski definition) is 5. The molecule has 0 unspecified atom stereocenters. The molecule has 0 radical (unpaired) electrons. The zero-order chi connectivity index (χ0) is 19.4. The lowest BCUT2D eigenvalue weighted by Crippen LogP contribution is -2.46. The van der Waals surface area contributed by atoms with E-state index >= 15 is 0 Å². The van der Waals surface area contributed by atoms with Crippen LogP contribution in [-0.4, -0.2) is 50.2 Å². The third kappa shape index (κ3) is 4.91. The summed E-state index contributed by atoms with van der Waals surface area (Å²) in [5.41, 5.74) is 3.39. The predicted octanol–water partition coefficient (Wildman–Crippen LogP) is 1.84. The number of amides is 1. The van der Waals surface area contributed by atoms with Crippen LogP contribution in [0, 0.1) is 18.8 Å². The number of pyridine rings is 1. The fourth-order valence-electron chi connectivity index (χ4n) is 3.39. The number of carboxylic acids is 1. The Morgan fingerprint density at radius 2 is 2.11 bits per heavy atom. The second-order valence-electron chi connectivity index (χ2n) is 7.08. The van der Waals surface area contributed by atoms with Gasteiger partial charge in [0.1, 0.15) is 0 Å². The zero-order valence-electron chi connectivity index (χ0n) is 15.6. The molecule has 8 nitrogen and oxygen atoms in total. The first-order chi connectivity index (χ1) is 12.9. The van der Waals surface area contributed by atoms with Gasteiger partial charge in [-0.05, 0) is 38.0 Å². The van der Waals surface area contributed by atoms with Crippen molar-refractivity contribution in [3.63, 3.8) is 0 Å².